The number of ether oxygens (including phenoxy) is 2. The van der Waals surface area contributed by atoms with E-state index in [0.717, 1.165) is 41.4 Å². The molecule has 1 aromatic heterocycles. The van der Waals surface area contributed by atoms with Crippen LogP contribution in [0.3, 0.4) is 0 Å². The van der Waals surface area contributed by atoms with Crippen LogP contribution in [0.1, 0.15) is 49.5 Å². The Kier molecular flexibility index (Phi) is 3.31. The van der Waals surface area contributed by atoms with Crippen molar-refractivity contribution in [2.75, 3.05) is 7.11 Å². The Balaban J connectivity index is 1.64. The SMILES string of the molecule is COc1cccc2c1OC1(CCCCC1)N1NC(c3ccco3)=CC21. The van der Waals surface area contributed by atoms with Crippen LogP contribution < -0.4 is 14.9 Å². The Morgan fingerprint density at radius 3 is 2.80 bits per heavy atom. The monoisotopic (exact) mass is 338 g/mol. The van der Waals surface area contributed by atoms with Gasteiger partial charge in [0.1, 0.15) is 0 Å². The maximum atomic E-state index is 6.64. The molecule has 5 heteroatoms. The summed E-state index contributed by atoms with van der Waals surface area (Å²) in [6.07, 6.45) is 9.56. The zero-order chi connectivity index (χ0) is 16.9. The number of nitrogens with zero attached hydrogens (tertiary/aromatic N) is 1. The number of nitrogens with one attached hydrogen (secondary N) is 1. The zero-order valence-electron chi connectivity index (χ0n) is 14.3. The van der Waals surface area contributed by atoms with Crippen molar-refractivity contribution in [3.63, 3.8) is 0 Å². The molecule has 0 bridgehead atoms. The van der Waals surface area contributed by atoms with Crippen LogP contribution in [-0.4, -0.2) is 17.8 Å². The van der Waals surface area contributed by atoms with Crippen molar-refractivity contribution in [1.29, 1.82) is 0 Å². The third-order valence-electron chi connectivity index (χ3n) is 5.54. The van der Waals surface area contributed by atoms with Crippen molar-refractivity contribution in [2.24, 2.45) is 0 Å². The van der Waals surface area contributed by atoms with Gasteiger partial charge in [0.05, 0.1) is 25.1 Å². The van der Waals surface area contributed by atoms with Gasteiger partial charge in [0.15, 0.2) is 23.0 Å². The van der Waals surface area contributed by atoms with Crippen LogP contribution in [0.5, 0.6) is 11.5 Å². The first-order chi connectivity index (χ1) is 12.3. The van der Waals surface area contributed by atoms with Crippen LogP contribution >= 0.6 is 0 Å². The van der Waals surface area contributed by atoms with E-state index >= 15 is 0 Å². The van der Waals surface area contributed by atoms with Crippen molar-refractivity contribution in [2.45, 2.75) is 43.9 Å². The summed E-state index contributed by atoms with van der Waals surface area (Å²) in [4.78, 5) is 0. The molecule has 1 unspecified atom stereocenters. The maximum absolute atomic E-state index is 6.64. The van der Waals surface area contributed by atoms with Gasteiger partial charge in [0.25, 0.3) is 0 Å². The first kappa shape index (κ1) is 14.9. The zero-order valence-corrected chi connectivity index (χ0v) is 14.3. The molecule has 0 amide bonds. The Labute approximate surface area is 147 Å². The molecular weight excluding hydrogens is 316 g/mol. The molecule has 1 fully saturated rings. The second kappa shape index (κ2) is 5.56. The summed E-state index contributed by atoms with van der Waals surface area (Å²) in [6.45, 7) is 0. The lowest BCUT2D eigenvalue weighted by atomic mass is 9.87. The van der Waals surface area contributed by atoms with Gasteiger partial charge in [0, 0.05) is 18.4 Å². The maximum Gasteiger partial charge on any atom is 0.180 e. The summed E-state index contributed by atoms with van der Waals surface area (Å²) < 4.78 is 17.8. The highest BCUT2D eigenvalue weighted by atomic mass is 16.5. The second-order valence-corrected chi connectivity index (χ2v) is 6.97. The van der Waals surface area contributed by atoms with E-state index in [0.29, 0.717) is 0 Å². The number of methoxy groups -OCH3 is 1. The molecule has 3 aliphatic rings. The number of benzene rings is 1. The molecule has 1 atom stereocenters. The van der Waals surface area contributed by atoms with Crippen molar-refractivity contribution in [1.82, 2.24) is 10.4 Å². The first-order valence-electron chi connectivity index (χ1n) is 8.98. The number of rotatable bonds is 2. The summed E-state index contributed by atoms with van der Waals surface area (Å²) in [7, 11) is 1.70. The number of furan rings is 1. The van der Waals surface area contributed by atoms with Crippen molar-refractivity contribution in [3.05, 3.63) is 54.0 Å². The summed E-state index contributed by atoms with van der Waals surface area (Å²) in [6, 6.07) is 10.1. The predicted molar refractivity (Wildman–Crippen MR) is 93.8 cm³/mol. The van der Waals surface area contributed by atoms with Gasteiger partial charge in [-0.2, -0.15) is 5.01 Å². The standard InChI is InChI=1S/C20H22N2O3/c1-23-18-8-5-7-14-16-13-15(17-9-6-12-24-17)21-22(16)20(25-19(14)18)10-3-2-4-11-20/h5-9,12-13,16,21H,2-4,10-11H2,1H3. The van der Waals surface area contributed by atoms with Crippen molar-refractivity contribution in [3.8, 4) is 11.5 Å². The summed E-state index contributed by atoms with van der Waals surface area (Å²) >= 11 is 0. The fourth-order valence-electron chi connectivity index (χ4n) is 4.34. The lowest BCUT2D eigenvalue weighted by Gasteiger charge is -2.50. The summed E-state index contributed by atoms with van der Waals surface area (Å²) in [5, 5.41) is 2.28. The smallest absolute Gasteiger partial charge is 0.180 e. The summed E-state index contributed by atoms with van der Waals surface area (Å²) in [5.74, 6) is 2.54. The topological polar surface area (TPSA) is 46.9 Å². The molecule has 1 N–H and O–H groups in total. The van der Waals surface area contributed by atoms with E-state index in [9.17, 15) is 0 Å². The molecule has 25 heavy (non-hydrogen) atoms. The molecule has 1 saturated carbocycles. The Morgan fingerprint density at radius 1 is 1.16 bits per heavy atom. The van der Waals surface area contributed by atoms with Crippen LogP contribution in [0.2, 0.25) is 0 Å². The molecule has 1 aliphatic carbocycles. The van der Waals surface area contributed by atoms with Crippen LogP contribution in [0, 0.1) is 0 Å². The number of fused-ring (bicyclic) bond motifs is 4. The fourth-order valence-corrected chi connectivity index (χ4v) is 4.34. The van der Waals surface area contributed by atoms with E-state index in [2.05, 4.69) is 22.6 Å². The van der Waals surface area contributed by atoms with E-state index in [-0.39, 0.29) is 11.8 Å². The van der Waals surface area contributed by atoms with Gasteiger partial charge in [-0.25, -0.2) is 0 Å². The predicted octanol–water partition coefficient (Wildman–Crippen LogP) is 4.24. The Hall–Kier alpha value is -2.40. The minimum absolute atomic E-state index is 0.108. The molecule has 0 saturated heterocycles. The van der Waals surface area contributed by atoms with Gasteiger partial charge < -0.3 is 19.3 Å². The minimum Gasteiger partial charge on any atom is -0.493 e. The largest absolute Gasteiger partial charge is 0.493 e. The van der Waals surface area contributed by atoms with Gasteiger partial charge in [-0.15, -0.1) is 0 Å². The normalized spacial score (nSPS) is 24.0. The molecule has 0 radical (unpaired) electrons. The summed E-state index contributed by atoms with van der Waals surface area (Å²) in [5.41, 5.74) is 5.36. The first-order valence-corrected chi connectivity index (χ1v) is 8.98. The molecule has 1 aromatic carbocycles. The second-order valence-electron chi connectivity index (χ2n) is 6.97. The highest BCUT2D eigenvalue weighted by molar-refractivity contribution is 5.65. The van der Waals surface area contributed by atoms with Crippen LogP contribution in [-0.2, 0) is 0 Å². The van der Waals surface area contributed by atoms with Gasteiger partial charge >= 0.3 is 0 Å². The molecular formula is C20H22N2O3. The van der Waals surface area contributed by atoms with Crippen molar-refractivity contribution >= 4 is 5.70 Å². The number of hydrogen-bond acceptors (Lipinski definition) is 5. The molecule has 3 heterocycles. The molecule has 2 aromatic rings. The van der Waals surface area contributed by atoms with Gasteiger partial charge in [-0.05, 0) is 37.1 Å². The third-order valence-corrected chi connectivity index (χ3v) is 5.54. The van der Waals surface area contributed by atoms with Crippen molar-refractivity contribution < 1.29 is 13.9 Å². The molecule has 5 rings (SSSR count). The van der Waals surface area contributed by atoms with Crippen LogP contribution in [0.25, 0.3) is 5.70 Å². The molecule has 1 spiro atoms. The molecule has 5 nitrogen and oxygen atoms in total. The highest BCUT2D eigenvalue weighted by Gasteiger charge is 2.51. The molecule has 2 aliphatic heterocycles. The van der Waals surface area contributed by atoms with Crippen LogP contribution in [0.15, 0.2) is 47.1 Å². The lowest BCUT2D eigenvalue weighted by Crippen LogP contribution is -2.60. The Morgan fingerprint density at radius 2 is 2.04 bits per heavy atom. The van der Waals surface area contributed by atoms with E-state index in [4.69, 9.17) is 13.9 Å². The van der Waals surface area contributed by atoms with E-state index in [1.54, 1.807) is 13.4 Å². The third kappa shape index (κ3) is 2.19. The van der Waals surface area contributed by atoms with Gasteiger partial charge in [0.2, 0.25) is 0 Å². The van der Waals surface area contributed by atoms with Gasteiger partial charge in [-0.1, -0.05) is 18.6 Å². The van der Waals surface area contributed by atoms with Gasteiger partial charge in [-0.3, -0.25) is 0 Å². The highest BCUT2D eigenvalue weighted by Crippen LogP contribution is 2.52. The number of hydrazine groups is 1. The van der Waals surface area contributed by atoms with Crippen LogP contribution in [0.4, 0.5) is 0 Å². The van der Waals surface area contributed by atoms with E-state index < -0.39 is 0 Å². The number of hydrogen-bond donors (Lipinski definition) is 1. The fraction of sp³-hybridized carbons (Fsp3) is 0.400. The Bertz CT molecular complexity index is 806. The lowest BCUT2D eigenvalue weighted by molar-refractivity contribution is -0.151. The average Bonchev–Trinajstić information content (AvgIpc) is 3.32. The van der Waals surface area contributed by atoms with E-state index in [1.807, 2.05) is 24.3 Å². The average molecular weight is 338 g/mol. The minimum atomic E-state index is -0.338. The quantitative estimate of drug-likeness (QED) is 0.887. The van der Waals surface area contributed by atoms with E-state index in [1.165, 1.54) is 19.3 Å². The molecule has 130 valence electrons. The number of para-hydroxylation sites is 1.